The molecule has 3 N–H and O–H groups in total. The van der Waals surface area contributed by atoms with Crippen LogP contribution in [0.4, 0.5) is 37.7 Å². The zero-order chi connectivity index (χ0) is 36.5. The third kappa shape index (κ3) is 6.97. The van der Waals surface area contributed by atoms with E-state index in [1.165, 1.54) is 61.4 Å². The number of amides is 1. The normalized spacial score (nSPS) is 11.2. The Morgan fingerprint density at radius 3 is 1.58 bits per heavy atom. The molecule has 0 spiro atoms. The van der Waals surface area contributed by atoms with Crippen LogP contribution in [0, 0.1) is 40.3 Å². The maximum atomic E-state index is 14.8. The average molecular weight is 691 g/mol. The summed E-state index contributed by atoms with van der Waals surface area (Å²) in [7, 11) is 0. The summed E-state index contributed by atoms with van der Waals surface area (Å²) in [5, 5.41) is 3.19. The van der Waals surface area contributed by atoms with Gasteiger partial charge < -0.3 is 11.1 Å². The van der Waals surface area contributed by atoms with Gasteiger partial charge in [-0.3, -0.25) is 14.4 Å². The van der Waals surface area contributed by atoms with E-state index in [9.17, 15) is 40.7 Å². The number of fused-ring (bicyclic) bond motifs is 2. The van der Waals surface area contributed by atoms with Gasteiger partial charge in [0.1, 0.15) is 12.7 Å². The second-order valence-electron chi connectivity index (χ2n) is 11.8. The number of carbonyl (C=O) groups is 3. The molecule has 15 heteroatoms. The summed E-state index contributed by atoms with van der Waals surface area (Å²) >= 11 is 0. The number of anilines is 2. The van der Waals surface area contributed by atoms with E-state index in [2.05, 4.69) is 25.3 Å². The first-order valence-electron chi connectivity index (χ1n) is 14.5. The summed E-state index contributed by atoms with van der Waals surface area (Å²) in [6, 6.07) is 9.40. The van der Waals surface area contributed by atoms with Crippen molar-refractivity contribution in [2.45, 2.75) is 20.8 Å². The molecule has 0 aliphatic carbocycles. The van der Waals surface area contributed by atoms with Gasteiger partial charge in [0.2, 0.25) is 5.91 Å². The summed E-state index contributed by atoms with van der Waals surface area (Å²) < 4.78 is 84.2. The predicted octanol–water partition coefficient (Wildman–Crippen LogP) is 7.12. The number of nitrogen functional groups attached to an aromatic ring is 1. The molecule has 1 amide bonds. The maximum Gasteiger partial charge on any atom is 0.229 e. The summed E-state index contributed by atoms with van der Waals surface area (Å²) in [4.78, 5) is 52.7. The minimum absolute atomic E-state index is 0.0231. The summed E-state index contributed by atoms with van der Waals surface area (Å²) in [5.74, 6) is -11.3. The lowest BCUT2D eigenvalue weighted by Gasteiger charge is -2.19. The molecular formula is C35H24F6N6O3. The fourth-order valence-corrected chi connectivity index (χ4v) is 4.57. The maximum absolute atomic E-state index is 14.8. The lowest BCUT2D eigenvalue weighted by atomic mass is 9.95. The first-order valence-corrected chi connectivity index (χ1v) is 14.5. The first-order chi connectivity index (χ1) is 23.6. The summed E-state index contributed by atoms with van der Waals surface area (Å²) in [6.07, 6.45) is 5.54. The van der Waals surface area contributed by atoms with Crippen molar-refractivity contribution in [1.29, 1.82) is 0 Å². The average Bonchev–Trinajstić information content (AvgIpc) is 3.09. The number of benzene rings is 4. The van der Waals surface area contributed by atoms with Crippen LogP contribution in [0.1, 0.15) is 52.6 Å². The Hall–Kier alpha value is -6.25. The molecule has 0 radical (unpaired) electrons. The minimum atomic E-state index is -1.62. The Kier molecular flexibility index (Phi) is 9.61. The number of hydrogen-bond donors (Lipinski definition) is 2. The molecule has 2 aromatic heterocycles. The molecule has 0 fully saturated rings. The first kappa shape index (κ1) is 35.1. The molecule has 254 valence electrons. The third-order valence-corrected chi connectivity index (χ3v) is 7.26. The van der Waals surface area contributed by atoms with Gasteiger partial charge in [-0.05, 0) is 36.4 Å². The van der Waals surface area contributed by atoms with Gasteiger partial charge in [0.25, 0.3) is 0 Å². The van der Waals surface area contributed by atoms with Crippen molar-refractivity contribution in [3.63, 3.8) is 0 Å². The monoisotopic (exact) mass is 690 g/mol. The molecule has 0 aliphatic heterocycles. The van der Waals surface area contributed by atoms with Gasteiger partial charge in [0.15, 0.2) is 46.5 Å². The summed E-state index contributed by atoms with van der Waals surface area (Å²) in [5.41, 5.74) is 2.00. The molecule has 0 bridgehead atoms. The molecule has 2 heterocycles. The summed E-state index contributed by atoms with van der Waals surface area (Å²) in [6.45, 7) is 4.72. The van der Waals surface area contributed by atoms with Crippen molar-refractivity contribution in [3.05, 3.63) is 131 Å². The standard InChI is InChI=1S/C20H16F3N3O2.C15H8F3N3O/c1-20(2,3)19(28)26-14-7-12(21)16(22)15(17(14)23)18(27)10-4-5-13-11(6-10)8-24-9-25-13;16-9-4-10(19)14(18)12(13(9)17)15(22)7-1-2-11-8(3-7)5-20-6-21-11/h4-9H,1-3H3,(H,26,28);1-6H,19H2. The fraction of sp³-hybridized carbons (Fsp3) is 0.114. The van der Waals surface area contributed by atoms with Crippen LogP contribution in [0.2, 0.25) is 0 Å². The Bertz CT molecular complexity index is 2320. The Labute approximate surface area is 279 Å². The largest absolute Gasteiger partial charge is 0.396 e. The lowest BCUT2D eigenvalue weighted by molar-refractivity contribution is -0.123. The van der Waals surface area contributed by atoms with Crippen LogP contribution in [0.5, 0.6) is 0 Å². The molecule has 0 unspecified atom stereocenters. The molecule has 4 aromatic carbocycles. The molecule has 0 atom stereocenters. The number of nitrogens with zero attached hydrogens (tertiary/aromatic N) is 4. The highest BCUT2D eigenvalue weighted by atomic mass is 19.2. The van der Waals surface area contributed by atoms with Crippen molar-refractivity contribution in [1.82, 2.24) is 19.9 Å². The van der Waals surface area contributed by atoms with E-state index in [0.717, 1.165) is 0 Å². The quantitative estimate of drug-likeness (QED) is 0.0843. The number of rotatable bonds is 5. The smallest absolute Gasteiger partial charge is 0.229 e. The predicted molar refractivity (Wildman–Crippen MR) is 171 cm³/mol. The van der Waals surface area contributed by atoms with Crippen molar-refractivity contribution < 1.29 is 40.7 Å². The zero-order valence-corrected chi connectivity index (χ0v) is 26.3. The SMILES string of the molecule is CC(C)(C)C(=O)Nc1cc(F)c(F)c(C(=O)c2ccc3ncncc3c2)c1F.Nc1cc(F)c(F)c(C(=O)c2ccc3ncncc3c2)c1F. The van der Waals surface area contributed by atoms with Crippen molar-refractivity contribution in [2.24, 2.45) is 5.41 Å². The topological polar surface area (TPSA) is 141 Å². The molecule has 0 aliphatic rings. The Morgan fingerprint density at radius 1 is 0.640 bits per heavy atom. The van der Waals surface area contributed by atoms with Crippen LogP contribution >= 0.6 is 0 Å². The van der Waals surface area contributed by atoms with Gasteiger partial charge in [-0.2, -0.15) is 0 Å². The van der Waals surface area contributed by atoms with Crippen molar-refractivity contribution in [3.8, 4) is 0 Å². The minimum Gasteiger partial charge on any atom is -0.396 e. The highest BCUT2D eigenvalue weighted by Gasteiger charge is 2.29. The molecule has 9 nitrogen and oxygen atoms in total. The highest BCUT2D eigenvalue weighted by molar-refractivity contribution is 6.12. The number of nitrogens with two attached hydrogens (primary N) is 1. The zero-order valence-electron chi connectivity index (χ0n) is 26.3. The van der Waals surface area contributed by atoms with E-state index < -0.39 is 80.3 Å². The van der Waals surface area contributed by atoms with Crippen LogP contribution in [0.15, 0.2) is 73.6 Å². The Morgan fingerprint density at radius 2 is 1.10 bits per heavy atom. The fourth-order valence-electron chi connectivity index (χ4n) is 4.57. The van der Waals surface area contributed by atoms with E-state index >= 15 is 0 Å². The van der Waals surface area contributed by atoms with Gasteiger partial charge in [0.05, 0.1) is 33.5 Å². The van der Waals surface area contributed by atoms with Crippen molar-refractivity contribution >= 4 is 50.7 Å². The number of aromatic nitrogens is 4. The number of ketones is 2. The van der Waals surface area contributed by atoms with Crippen molar-refractivity contribution in [2.75, 3.05) is 11.1 Å². The second-order valence-corrected chi connectivity index (χ2v) is 11.8. The molecular weight excluding hydrogens is 666 g/mol. The van der Waals surface area contributed by atoms with E-state index in [1.54, 1.807) is 20.8 Å². The van der Waals surface area contributed by atoms with Crippen LogP contribution in [-0.2, 0) is 4.79 Å². The number of nitrogens with one attached hydrogen (secondary N) is 1. The molecule has 0 saturated carbocycles. The van der Waals surface area contributed by atoms with E-state index in [4.69, 9.17) is 5.73 Å². The van der Waals surface area contributed by atoms with Gasteiger partial charge in [-0.1, -0.05) is 20.8 Å². The second kappa shape index (κ2) is 13.7. The molecule has 6 rings (SSSR count). The number of carbonyl (C=O) groups excluding carboxylic acids is 3. The van der Waals surface area contributed by atoms with Crippen LogP contribution in [-0.4, -0.2) is 37.4 Å². The third-order valence-electron chi connectivity index (χ3n) is 7.26. The highest BCUT2D eigenvalue weighted by Crippen LogP contribution is 2.29. The number of halogens is 6. The number of hydrogen-bond acceptors (Lipinski definition) is 8. The molecule has 6 aromatic rings. The van der Waals surface area contributed by atoms with E-state index in [0.29, 0.717) is 33.9 Å². The van der Waals surface area contributed by atoms with E-state index in [1.807, 2.05) is 0 Å². The molecule has 50 heavy (non-hydrogen) atoms. The van der Waals surface area contributed by atoms with Crippen LogP contribution in [0.3, 0.4) is 0 Å². The van der Waals surface area contributed by atoms with Gasteiger partial charge in [-0.25, -0.2) is 46.3 Å². The Balaban J connectivity index is 0.000000200. The van der Waals surface area contributed by atoms with Gasteiger partial charge >= 0.3 is 0 Å². The van der Waals surface area contributed by atoms with Gasteiger partial charge in [-0.15, -0.1) is 0 Å². The van der Waals surface area contributed by atoms with E-state index in [-0.39, 0.29) is 11.1 Å². The lowest BCUT2D eigenvalue weighted by Crippen LogP contribution is -2.28. The van der Waals surface area contributed by atoms with Crippen LogP contribution in [0.25, 0.3) is 21.8 Å². The van der Waals surface area contributed by atoms with Crippen LogP contribution < -0.4 is 11.1 Å². The van der Waals surface area contributed by atoms with Gasteiger partial charge in [0, 0.05) is 51.8 Å². The molecule has 0 saturated heterocycles.